The van der Waals surface area contributed by atoms with Crippen LogP contribution in [-0.2, 0) is 6.54 Å². The molecule has 0 radical (unpaired) electrons. The fourth-order valence-corrected chi connectivity index (χ4v) is 1.72. The highest BCUT2D eigenvalue weighted by Gasteiger charge is 2.03. The molecule has 2 rings (SSSR count). The van der Waals surface area contributed by atoms with E-state index in [0.29, 0.717) is 6.54 Å². The summed E-state index contributed by atoms with van der Waals surface area (Å²) in [5.41, 5.74) is 9.00. The Balaban J connectivity index is 2.44. The lowest BCUT2D eigenvalue weighted by molar-refractivity contribution is 0.410. The molecular formula is C14H15NO. The maximum atomic E-state index is 5.63. The standard InChI is InChI=1S/C14H15NO/c1-16-14-9-12(7-8-13(14)10-15)11-5-3-2-4-6-11/h2-9H,10,15H2,1H3. The van der Waals surface area contributed by atoms with E-state index in [9.17, 15) is 0 Å². The Morgan fingerprint density at radius 1 is 1.00 bits per heavy atom. The maximum Gasteiger partial charge on any atom is 0.123 e. The molecule has 0 saturated carbocycles. The first-order valence-electron chi connectivity index (χ1n) is 5.27. The van der Waals surface area contributed by atoms with Gasteiger partial charge in [0.25, 0.3) is 0 Å². The molecule has 2 aromatic rings. The van der Waals surface area contributed by atoms with Crippen LogP contribution in [0.25, 0.3) is 11.1 Å². The summed E-state index contributed by atoms with van der Waals surface area (Å²) >= 11 is 0. The number of benzene rings is 2. The van der Waals surface area contributed by atoms with Crippen LogP contribution in [-0.4, -0.2) is 7.11 Å². The van der Waals surface area contributed by atoms with Crippen molar-refractivity contribution < 1.29 is 4.74 Å². The van der Waals surface area contributed by atoms with E-state index in [-0.39, 0.29) is 0 Å². The highest BCUT2D eigenvalue weighted by molar-refractivity contribution is 5.66. The van der Waals surface area contributed by atoms with Crippen molar-refractivity contribution in [3.8, 4) is 16.9 Å². The van der Waals surface area contributed by atoms with Crippen LogP contribution >= 0.6 is 0 Å². The molecule has 2 N–H and O–H groups in total. The van der Waals surface area contributed by atoms with Crippen LogP contribution in [0.3, 0.4) is 0 Å². The van der Waals surface area contributed by atoms with Gasteiger partial charge in [-0.05, 0) is 17.2 Å². The molecule has 0 unspecified atom stereocenters. The van der Waals surface area contributed by atoms with Gasteiger partial charge in [0.2, 0.25) is 0 Å². The molecule has 0 atom stereocenters. The van der Waals surface area contributed by atoms with E-state index >= 15 is 0 Å². The Kier molecular flexibility index (Phi) is 3.22. The average Bonchev–Trinajstić information content (AvgIpc) is 2.39. The predicted molar refractivity (Wildman–Crippen MR) is 66.3 cm³/mol. The first kappa shape index (κ1) is 10.7. The number of rotatable bonds is 3. The molecule has 0 aliphatic carbocycles. The summed E-state index contributed by atoms with van der Waals surface area (Å²) in [7, 11) is 1.67. The molecule has 0 saturated heterocycles. The molecule has 0 aliphatic heterocycles. The lowest BCUT2D eigenvalue weighted by Gasteiger charge is -2.09. The lowest BCUT2D eigenvalue weighted by Crippen LogP contribution is -1.99. The van der Waals surface area contributed by atoms with Gasteiger partial charge in [-0.2, -0.15) is 0 Å². The van der Waals surface area contributed by atoms with E-state index < -0.39 is 0 Å². The second kappa shape index (κ2) is 4.81. The van der Waals surface area contributed by atoms with Crippen molar-refractivity contribution >= 4 is 0 Å². The summed E-state index contributed by atoms with van der Waals surface area (Å²) in [6, 6.07) is 16.3. The fourth-order valence-electron chi connectivity index (χ4n) is 1.72. The minimum absolute atomic E-state index is 0.498. The van der Waals surface area contributed by atoms with Crippen molar-refractivity contribution in [1.29, 1.82) is 0 Å². The lowest BCUT2D eigenvalue weighted by atomic mass is 10.0. The zero-order chi connectivity index (χ0) is 11.4. The number of methoxy groups -OCH3 is 1. The summed E-state index contributed by atoms with van der Waals surface area (Å²) in [6.45, 7) is 0.498. The van der Waals surface area contributed by atoms with E-state index in [1.54, 1.807) is 7.11 Å². The van der Waals surface area contributed by atoms with E-state index in [1.807, 2.05) is 30.3 Å². The summed E-state index contributed by atoms with van der Waals surface area (Å²) in [5, 5.41) is 0. The highest BCUT2D eigenvalue weighted by atomic mass is 16.5. The zero-order valence-electron chi connectivity index (χ0n) is 9.31. The van der Waals surface area contributed by atoms with Crippen LogP contribution in [0.15, 0.2) is 48.5 Å². The Morgan fingerprint density at radius 2 is 1.75 bits per heavy atom. The van der Waals surface area contributed by atoms with Gasteiger partial charge >= 0.3 is 0 Å². The summed E-state index contributed by atoms with van der Waals surface area (Å²) in [6.07, 6.45) is 0. The molecule has 0 aliphatic rings. The van der Waals surface area contributed by atoms with E-state index in [1.165, 1.54) is 5.56 Å². The van der Waals surface area contributed by atoms with Crippen molar-refractivity contribution in [2.75, 3.05) is 7.11 Å². The molecular weight excluding hydrogens is 198 g/mol. The van der Waals surface area contributed by atoms with Crippen molar-refractivity contribution in [2.24, 2.45) is 5.73 Å². The number of ether oxygens (including phenoxy) is 1. The molecule has 16 heavy (non-hydrogen) atoms. The third-order valence-electron chi connectivity index (χ3n) is 2.61. The first-order valence-corrected chi connectivity index (χ1v) is 5.27. The second-order valence-corrected chi connectivity index (χ2v) is 3.60. The first-order chi connectivity index (χ1) is 7.85. The zero-order valence-corrected chi connectivity index (χ0v) is 9.31. The second-order valence-electron chi connectivity index (χ2n) is 3.60. The van der Waals surface area contributed by atoms with E-state index in [0.717, 1.165) is 16.9 Å². The molecule has 0 aromatic heterocycles. The van der Waals surface area contributed by atoms with Gasteiger partial charge in [-0.1, -0.05) is 42.5 Å². The number of hydrogen-bond donors (Lipinski definition) is 1. The number of hydrogen-bond acceptors (Lipinski definition) is 2. The van der Waals surface area contributed by atoms with Gasteiger partial charge in [0.05, 0.1) is 7.11 Å². The number of nitrogens with two attached hydrogens (primary N) is 1. The Bertz CT molecular complexity index is 465. The summed E-state index contributed by atoms with van der Waals surface area (Å²) in [5.74, 6) is 0.851. The van der Waals surface area contributed by atoms with E-state index in [4.69, 9.17) is 10.5 Å². The van der Waals surface area contributed by atoms with Crippen LogP contribution in [0, 0.1) is 0 Å². The molecule has 82 valence electrons. The SMILES string of the molecule is COc1cc(-c2ccccc2)ccc1CN. The molecule has 0 fully saturated rings. The predicted octanol–water partition coefficient (Wildman–Crippen LogP) is 2.82. The average molecular weight is 213 g/mol. The van der Waals surface area contributed by atoms with Crippen LogP contribution < -0.4 is 10.5 Å². The van der Waals surface area contributed by atoms with Gasteiger partial charge in [0.1, 0.15) is 5.75 Å². The molecule has 0 spiro atoms. The van der Waals surface area contributed by atoms with Gasteiger partial charge < -0.3 is 10.5 Å². The highest BCUT2D eigenvalue weighted by Crippen LogP contribution is 2.26. The molecule has 0 bridgehead atoms. The fraction of sp³-hybridized carbons (Fsp3) is 0.143. The third kappa shape index (κ3) is 2.07. The third-order valence-corrected chi connectivity index (χ3v) is 2.61. The molecule has 2 nitrogen and oxygen atoms in total. The van der Waals surface area contributed by atoms with Crippen molar-refractivity contribution in [3.05, 3.63) is 54.1 Å². The van der Waals surface area contributed by atoms with Crippen molar-refractivity contribution in [1.82, 2.24) is 0 Å². The summed E-state index contributed by atoms with van der Waals surface area (Å²) < 4.78 is 5.32. The van der Waals surface area contributed by atoms with Crippen LogP contribution in [0.5, 0.6) is 5.75 Å². The van der Waals surface area contributed by atoms with Gasteiger partial charge in [0, 0.05) is 12.1 Å². The minimum Gasteiger partial charge on any atom is -0.496 e. The minimum atomic E-state index is 0.498. The quantitative estimate of drug-likeness (QED) is 0.850. The van der Waals surface area contributed by atoms with Gasteiger partial charge in [-0.15, -0.1) is 0 Å². The Morgan fingerprint density at radius 3 is 2.38 bits per heavy atom. The van der Waals surface area contributed by atoms with E-state index in [2.05, 4.69) is 18.2 Å². The van der Waals surface area contributed by atoms with Crippen LogP contribution in [0.4, 0.5) is 0 Å². The monoisotopic (exact) mass is 213 g/mol. The molecule has 2 heteroatoms. The largest absolute Gasteiger partial charge is 0.496 e. The maximum absolute atomic E-state index is 5.63. The molecule has 0 heterocycles. The summed E-state index contributed by atoms with van der Waals surface area (Å²) in [4.78, 5) is 0. The molecule has 0 amide bonds. The van der Waals surface area contributed by atoms with Crippen molar-refractivity contribution in [3.63, 3.8) is 0 Å². The van der Waals surface area contributed by atoms with Crippen LogP contribution in [0.2, 0.25) is 0 Å². The van der Waals surface area contributed by atoms with Crippen molar-refractivity contribution in [2.45, 2.75) is 6.54 Å². The normalized spacial score (nSPS) is 10.1. The Labute approximate surface area is 95.7 Å². The van der Waals surface area contributed by atoms with Gasteiger partial charge in [-0.3, -0.25) is 0 Å². The molecule has 2 aromatic carbocycles. The smallest absolute Gasteiger partial charge is 0.123 e. The topological polar surface area (TPSA) is 35.2 Å². The van der Waals surface area contributed by atoms with Gasteiger partial charge in [-0.25, -0.2) is 0 Å². The Hall–Kier alpha value is -1.80. The van der Waals surface area contributed by atoms with Gasteiger partial charge in [0.15, 0.2) is 0 Å². The van der Waals surface area contributed by atoms with Crippen LogP contribution in [0.1, 0.15) is 5.56 Å².